The number of H-pyrrole nitrogens is 2. The number of aromatic amines is 2. The van der Waals surface area contributed by atoms with Gasteiger partial charge in [-0.05, 0) is 47.5 Å². The van der Waals surface area contributed by atoms with E-state index in [1.54, 1.807) is 26.5 Å². The fraction of sp³-hybridized carbons (Fsp3) is 0.0714. The van der Waals surface area contributed by atoms with E-state index in [9.17, 15) is 4.79 Å². The van der Waals surface area contributed by atoms with Crippen molar-refractivity contribution in [3.8, 4) is 22.6 Å². The van der Waals surface area contributed by atoms with Crippen LogP contribution in [-0.4, -0.2) is 35.1 Å². The van der Waals surface area contributed by atoms with Crippen LogP contribution in [0.4, 0.5) is 17.3 Å². The number of fused-ring (bicyclic) bond motifs is 3. The first-order chi connectivity index (χ1) is 17.6. The lowest BCUT2D eigenvalue weighted by molar-refractivity contribution is -0.110. The summed E-state index contributed by atoms with van der Waals surface area (Å²) >= 11 is 0. The number of aromatic nitrogens is 3. The standard InChI is InChI=1S/C28H23N5O3/c1-35-23-12-13-29-22(23)15-18-25-20(30-27(18)34)10-11-21-26(25)33-28(32-21)31-19-9-8-17(14-24(19)36-2)16-6-4-3-5-7-16/h3-15,29H,1-2H3,(H,30,34)(H2,31,32,33)/b18-15+. The molecule has 0 radical (unpaired) electrons. The normalized spacial score (nSPS) is 13.6. The SMILES string of the molecule is COc1cc(-c2ccccc2)ccc1Nc1nc2c3c(ccc2[nH]1)NC(=O)/C3=C/c1[nH]ccc1OC. The van der Waals surface area contributed by atoms with Gasteiger partial charge < -0.3 is 30.1 Å². The Hall–Kier alpha value is -4.98. The number of carbonyl (C=O) groups excluding carboxylic acids is 1. The lowest BCUT2D eigenvalue weighted by atomic mass is 10.0. The van der Waals surface area contributed by atoms with E-state index >= 15 is 0 Å². The van der Waals surface area contributed by atoms with Crippen molar-refractivity contribution in [2.45, 2.75) is 0 Å². The van der Waals surface area contributed by atoms with Crippen LogP contribution < -0.4 is 20.1 Å². The molecule has 0 saturated heterocycles. The third kappa shape index (κ3) is 3.65. The van der Waals surface area contributed by atoms with Crippen LogP contribution in [0.3, 0.4) is 0 Å². The number of amides is 1. The Morgan fingerprint density at radius 3 is 2.56 bits per heavy atom. The minimum atomic E-state index is -0.190. The largest absolute Gasteiger partial charge is 0.495 e. The summed E-state index contributed by atoms with van der Waals surface area (Å²) in [6.45, 7) is 0. The maximum atomic E-state index is 12.8. The smallest absolute Gasteiger partial charge is 0.256 e. The molecule has 1 aliphatic heterocycles. The predicted molar refractivity (Wildman–Crippen MR) is 142 cm³/mol. The van der Waals surface area contributed by atoms with Gasteiger partial charge in [0.05, 0.1) is 42.4 Å². The number of benzene rings is 3. The van der Waals surface area contributed by atoms with Crippen LogP contribution in [0.25, 0.3) is 33.8 Å². The molecule has 8 heteroatoms. The van der Waals surface area contributed by atoms with Gasteiger partial charge in [0.25, 0.3) is 5.91 Å². The van der Waals surface area contributed by atoms with Gasteiger partial charge in [-0.1, -0.05) is 36.4 Å². The molecular weight excluding hydrogens is 454 g/mol. The van der Waals surface area contributed by atoms with Crippen LogP contribution in [0.1, 0.15) is 11.3 Å². The van der Waals surface area contributed by atoms with Crippen LogP contribution in [0, 0.1) is 0 Å². The number of hydrogen-bond donors (Lipinski definition) is 4. The molecule has 1 amide bonds. The molecule has 8 nitrogen and oxygen atoms in total. The number of methoxy groups -OCH3 is 2. The van der Waals surface area contributed by atoms with E-state index in [4.69, 9.17) is 14.5 Å². The van der Waals surface area contributed by atoms with Gasteiger partial charge in [0.1, 0.15) is 17.0 Å². The maximum absolute atomic E-state index is 12.8. The lowest BCUT2D eigenvalue weighted by Crippen LogP contribution is -2.03. The number of rotatable bonds is 6. The van der Waals surface area contributed by atoms with Crippen LogP contribution in [0.5, 0.6) is 11.5 Å². The zero-order chi connectivity index (χ0) is 24.6. The maximum Gasteiger partial charge on any atom is 0.256 e. The van der Waals surface area contributed by atoms with Crippen molar-refractivity contribution in [1.82, 2.24) is 15.0 Å². The van der Waals surface area contributed by atoms with Crippen LogP contribution in [-0.2, 0) is 4.79 Å². The Bertz CT molecular complexity index is 1630. The van der Waals surface area contributed by atoms with Gasteiger partial charge in [0.15, 0.2) is 0 Å². The molecule has 4 N–H and O–H groups in total. The molecule has 178 valence electrons. The van der Waals surface area contributed by atoms with E-state index in [0.29, 0.717) is 39.9 Å². The van der Waals surface area contributed by atoms with E-state index in [-0.39, 0.29) is 5.91 Å². The van der Waals surface area contributed by atoms with Gasteiger partial charge in [-0.15, -0.1) is 0 Å². The Labute approximate surface area is 207 Å². The number of hydrogen-bond acceptors (Lipinski definition) is 5. The average molecular weight is 478 g/mol. The second kappa shape index (κ2) is 8.66. The zero-order valence-electron chi connectivity index (χ0n) is 19.7. The Morgan fingerprint density at radius 2 is 1.75 bits per heavy atom. The highest BCUT2D eigenvalue weighted by molar-refractivity contribution is 6.37. The fourth-order valence-corrected chi connectivity index (χ4v) is 4.49. The summed E-state index contributed by atoms with van der Waals surface area (Å²) in [6, 6.07) is 21.7. The minimum Gasteiger partial charge on any atom is -0.495 e. The number of anilines is 3. The topological polar surface area (TPSA) is 104 Å². The second-order valence-corrected chi connectivity index (χ2v) is 8.35. The summed E-state index contributed by atoms with van der Waals surface area (Å²) in [7, 11) is 3.24. The summed E-state index contributed by atoms with van der Waals surface area (Å²) in [6.07, 6.45) is 3.55. The molecule has 0 fully saturated rings. The molecule has 0 saturated carbocycles. The Kier molecular flexibility index (Phi) is 5.19. The molecule has 3 aromatic carbocycles. The van der Waals surface area contributed by atoms with Crippen molar-refractivity contribution >= 4 is 45.9 Å². The molecule has 0 unspecified atom stereocenters. The number of ether oxygens (including phenoxy) is 2. The summed E-state index contributed by atoms with van der Waals surface area (Å²) < 4.78 is 11.0. The molecule has 0 atom stereocenters. The molecular formula is C28H23N5O3. The van der Waals surface area contributed by atoms with Crippen molar-refractivity contribution in [3.63, 3.8) is 0 Å². The van der Waals surface area contributed by atoms with Gasteiger partial charge in [-0.3, -0.25) is 4.79 Å². The molecule has 0 aliphatic carbocycles. The van der Waals surface area contributed by atoms with E-state index in [0.717, 1.165) is 27.9 Å². The van der Waals surface area contributed by atoms with Crippen LogP contribution in [0.2, 0.25) is 0 Å². The summed E-state index contributed by atoms with van der Waals surface area (Å²) in [5.74, 6) is 1.70. The molecule has 2 aromatic heterocycles. The summed E-state index contributed by atoms with van der Waals surface area (Å²) in [5, 5.41) is 6.26. The number of carbonyl (C=O) groups is 1. The number of nitrogens with zero attached hydrogens (tertiary/aromatic N) is 1. The van der Waals surface area contributed by atoms with Gasteiger partial charge in [-0.25, -0.2) is 4.98 Å². The number of imidazole rings is 1. The first-order valence-electron chi connectivity index (χ1n) is 11.4. The quantitative estimate of drug-likeness (QED) is 0.231. The highest BCUT2D eigenvalue weighted by Crippen LogP contribution is 2.40. The van der Waals surface area contributed by atoms with Crippen LogP contribution in [0.15, 0.2) is 72.9 Å². The molecule has 0 bridgehead atoms. The van der Waals surface area contributed by atoms with Gasteiger partial charge in [0.2, 0.25) is 5.95 Å². The lowest BCUT2D eigenvalue weighted by Gasteiger charge is -2.11. The van der Waals surface area contributed by atoms with Crippen molar-refractivity contribution in [3.05, 3.63) is 84.2 Å². The van der Waals surface area contributed by atoms with Crippen molar-refractivity contribution in [1.29, 1.82) is 0 Å². The van der Waals surface area contributed by atoms with Crippen LogP contribution >= 0.6 is 0 Å². The number of nitrogens with one attached hydrogen (secondary N) is 4. The molecule has 0 spiro atoms. The Balaban J connectivity index is 1.38. The average Bonchev–Trinajstić information content (AvgIpc) is 3.61. The highest BCUT2D eigenvalue weighted by atomic mass is 16.5. The van der Waals surface area contributed by atoms with E-state index in [2.05, 4.69) is 32.7 Å². The first-order valence-corrected chi connectivity index (χ1v) is 11.4. The molecule has 6 rings (SSSR count). The molecule has 1 aliphatic rings. The summed E-state index contributed by atoms with van der Waals surface area (Å²) in [4.78, 5) is 24.0. The minimum absolute atomic E-state index is 0.190. The van der Waals surface area contributed by atoms with Crippen molar-refractivity contribution < 1.29 is 14.3 Å². The van der Waals surface area contributed by atoms with Gasteiger partial charge in [0, 0.05) is 11.8 Å². The van der Waals surface area contributed by atoms with Gasteiger partial charge in [-0.2, -0.15) is 0 Å². The fourth-order valence-electron chi connectivity index (χ4n) is 4.49. The first kappa shape index (κ1) is 21.5. The van der Waals surface area contributed by atoms with E-state index < -0.39 is 0 Å². The highest BCUT2D eigenvalue weighted by Gasteiger charge is 2.28. The van der Waals surface area contributed by atoms with E-state index in [1.807, 2.05) is 54.6 Å². The zero-order valence-corrected chi connectivity index (χ0v) is 19.7. The molecule has 5 aromatic rings. The van der Waals surface area contributed by atoms with E-state index in [1.165, 1.54) is 0 Å². The third-order valence-corrected chi connectivity index (χ3v) is 6.23. The van der Waals surface area contributed by atoms with Gasteiger partial charge >= 0.3 is 0 Å². The third-order valence-electron chi connectivity index (χ3n) is 6.23. The monoisotopic (exact) mass is 477 g/mol. The summed E-state index contributed by atoms with van der Waals surface area (Å²) in [5.41, 5.74) is 7.10. The van der Waals surface area contributed by atoms with Crippen molar-refractivity contribution in [2.75, 3.05) is 24.9 Å². The Morgan fingerprint density at radius 1 is 0.917 bits per heavy atom. The molecule has 3 heterocycles. The molecule has 36 heavy (non-hydrogen) atoms. The second-order valence-electron chi connectivity index (χ2n) is 8.35. The van der Waals surface area contributed by atoms with Crippen molar-refractivity contribution in [2.24, 2.45) is 0 Å². The predicted octanol–water partition coefficient (Wildman–Crippen LogP) is 5.81.